The van der Waals surface area contributed by atoms with Crippen molar-refractivity contribution in [1.82, 2.24) is 0 Å². The molecule has 48 heavy (non-hydrogen) atoms. The van der Waals surface area contributed by atoms with Gasteiger partial charge in [-0.15, -0.1) is 0 Å². The molecule has 1 unspecified atom stereocenters. The van der Waals surface area contributed by atoms with Crippen LogP contribution in [0.4, 0.5) is 0 Å². The van der Waals surface area contributed by atoms with Gasteiger partial charge in [-0.05, 0) is 64.2 Å². The number of rotatable bonds is 35. The van der Waals surface area contributed by atoms with E-state index in [2.05, 4.69) is 81.5 Å². The maximum atomic E-state index is 12.4. The van der Waals surface area contributed by atoms with Gasteiger partial charge in [-0.1, -0.05) is 159 Å². The van der Waals surface area contributed by atoms with Gasteiger partial charge in [0.1, 0.15) is 6.61 Å². The molecule has 0 N–H and O–H groups in total. The molecule has 0 spiro atoms. The Morgan fingerprint density at radius 2 is 0.938 bits per heavy atom. The predicted octanol–water partition coefficient (Wildman–Crippen LogP) is 12.7. The van der Waals surface area contributed by atoms with Crippen molar-refractivity contribution in [3.8, 4) is 0 Å². The van der Waals surface area contributed by atoms with Crippen LogP contribution in [0.5, 0.6) is 0 Å². The van der Waals surface area contributed by atoms with Crippen LogP contribution in [0.15, 0.2) is 60.8 Å². The summed E-state index contributed by atoms with van der Waals surface area (Å²) in [5, 5.41) is 0. The molecule has 276 valence electrons. The van der Waals surface area contributed by atoms with E-state index in [9.17, 15) is 9.59 Å². The van der Waals surface area contributed by atoms with Gasteiger partial charge in [0.05, 0.1) is 6.61 Å². The van der Waals surface area contributed by atoms with Gasteiger partial charge in [0.25, 0.3) is 0 Å². The fourth-order valence-electron chi connectivity index (χ4n) is 5.12. The molecule has 0 bridgehead atoms. The second kappa shape index (κ2) is 39.0. The van der Waals surface area contributed by atoms with Crippen LogP contribution in [-0.4, -0.2) is 37.9 Å². The zero-order valence-electron chi connectivity index (χ0n) is 31.5. The normalized spacial score (nSPS) is 12.8. The highest BCUT2D eigenvalue weighted by Crippen LogP contribution is 2.11. The van der Waals surface area contributed by atoms with Gasteiger partial charge in [0, 0.05) is 19.4 Å². The zero-order chi connectivity index (χ0) is 35.0. The summed E-state index contributed by atoms with van der Waals surface area (Å²) in [7, 11) is 0. The maximum absolute atomic E-state index is 12.4. The SMILES string of the molecule is CC/C=C\C/C=C\C/C=C\C/C=C\C/C=C\CCCCCC(=O)OCC(COCCCCCCCCCC)OC(=O)CCCCCCC. The van der Waals surface area contributed by atoms with E-state index < -0.39 is 6.10 Å². The first kappa shape index (κ1) is 45.6. The summed E-state index contributed by atoms with van der Waals surface area (Å²) in [5.41, 5.74) is 0. The zero-order valence-corrected chi connectivity index (χ0v) is 31.5. The molecule has 0 aliphatic rings. The molecule has 5 nitrogen and oxygen atoms in total. The van der Waals surface area contributed by atoms with Crippen LogP contribution in [0, 0.1) is 0 Å². The molecule has 0 fully saturated rings. The molecular formula is C43H74O5. The molecule has 0 heterocycles. The Kier molecular flexibility index (Phi) is 37.1. The first-order chi connectivity index (χ1) is 23.6. The van der Waals surface area contributed by atoms with Gasteiger partial charge in [-0.2, -0.15) is 0 Å². The standard InChI is InChI=1S/C43H74O5/c1-4-7-10-13-15-17-18-19-20-21-22-23-24-25-26-27-28-31-33-36-42(44)47-40-41(48-43(45)37-34-30-12-9-6-3)39-46-38-35-32-29-16-14-11-8-5-2/h7,10,15,17,19-20,22-23,25-26,41H,4-6,8-9,11-14,16,18,21,24,27-40H2,1-3H3/b10-7-,17-15-,20-19-,23-22-,26-25-. The van der Waals surface area contributed by atoms with Crippen molar-refractivity contribution in [2.75, 3.05) is 19.8 Å². The highest BCUT2D eigenvalue weighted by molar-refractivity contribution is 5.70. The monoisotopic (exact) mass is 671 g/mol. The Labute approximate surface area is 296 Å². The second-order valence-electron chi connectivity index (χ2n) is 12.8. The van der Waals surface area contributed by atoms with Crippen LogP contribution in [0.25, 0.3) is 0 Å². The lowest BCUT2D eigenvalue weighted by molar-refractivity contribution is -0.163. The first-order valence-corrected chi connectivity index (χ1v) is 19.8. The van der Waals surface area contributed by atoms with Crippen LogP contribution in [-0.2, 0) is 23.8 Å². The van der Waals surface area contributed by atoms with E-state index in [1.165, 1.54) is 51.4 Å². The molecule has 0 saturated heterocycles. The smallest absolute Gasteiger partial charge is 0.306 e. The number of hydrogen-bond acceptors (Lipinski definition) is 5. The van der Waals surface area contributed by atoms with E-state index in [1.54, 1.807) is 0 Å². The van der Waals surface area contributed by atoms with Crippen molar-refractivity contribution in [3.05, 3.63) is 60.8 Å². The molecule has 0 aromatic heterocycles. The number of carbonyl (C=O) groups excluding carboxylic acids is 2. The summed E-state index contributed by atoms with van der Waals surface area (Å²) >= 11 is 0. The average molecular weight is 671 g/mol. The summed E-state index contributed by atoms with van der Waals surface area (Å²) in [6, 6.07) is 0. The third-order valence-corrected chi connectivity index (χ3v) is 8.07. The van der Waals surface area contributed by atoms with E-state index >= 15 is 0 Å². The number of unbranched alkanes of at least 4 members (excludes halogenated alkanes) is 14. The molecule has 0 aliphatic heterocycles. The van der Waals surface area contributed by atoms with Crippen molar-refractivity contribution in [2.24, 2.45) is 0 Å². The van der Waals surface area contributed by atoms with Gasteiger partial charge >= 0.3 is 11.9 Å². The molecule has 5 heteroatoms. The molecule has 0 rings (SSSR count). The average Bonchev–Trinajstić information content (AvgIpc) is 3.08. The van der Waals surface area contributed by atoms with E-state index in [-0.39, 0.29) is 25.2 Å². The number of carbonyl (C=O) groups is 2. The van der Waals surface area contributed by atoms with Gasteiger partial charge in [-0.3, -0.25) is 9.59 Å². The molecular weight excluding hydrogens is 596 g/mol. The van der Waals surface area contributed by atoms with Gasteiger partial charge in [-0.25, -0.2) is 0 Å². The van der Waals surface area contributed by atoms with Crippen LogP contribution in [0.3, 0.4) is 0 Å². The van der Waals surface area contributed by atoms with E-state index in [0.29, 0.717) is 19.4 Å². The van der Waals surface area contributed by atoms with Crippen molar-refractivity contribution in [1.29, 1.82) is 0 Å². The first-order valence-electron chi connectivity index (χ1n) is 19.8. The van der Waals surface area contributed by atoms with Gasteiger partial charge in [0.15, 0.2) is 6.10 Å². The Balaban J connectivity index is 4.12. The highest BCUT2D eigenvalue weighted by atomic mass is 16.6. The highest BCUT2D eigenvalue weighted by Gasteiger charge is 2.17. The number of allylic oxidation sites excluding steroid dienone is 10. The molecule has 0 aliphatic carbocycles. The molecule has 0 amide bonds. The maximum Gasteiger partial charge on any atom is 0.306 e. The second-order valence-corrected chi connectivity index (χ2v) is 12.8. The Morgan fingerprint density at radius 1 is 0.479 bits per heavy atom. The topological polar surface area (TPSA) is 61.8 Å². The van der Waals surface area contributed by atoms with Crippen LogP contribution >= 0.6 is 0 Å². The Hall–Kier alpha value is -2.40. The number of ether oxygens (including phenoxy) is 3. The fourth-order valence-corrected chi connectivity index (χ4v) is 5.12. The van der Waals surface area contributed by atoms with Gasteiger partial charge in [0.2, 0.25) is 0 Å². The fraction of sp³-hybridized carbons (Fsp3) is 0.721. The summed E-state index contributed by atoms with van der Waals surface area (Å²) in [5.74, 6) is -0.452. The van der Waals surface area contributed by atoms with Crippen LogP contribution in [0.1, 0.15) is 175 Å². The Bertz CT molecular complexity index is 853. The molecule has 0 aromatic rings. The van der Waals surface area contributed by atoms with Crippen molar-refractivity contribution < 1.29 is 23.8 Å². The Morgan fingerprint density at radius 3 is 1.50 bits per heavy atom. The third kappa shape index (κ3) is 36.4. The van der Waals surface area contributed by atoms with Crippen molar-refractivity contribution in [3.63, 3.8) is 0 Å². The lowest BCUT2D eigenvalue weighted by atomic mass is 10.1. The predicted molar refractivity (Wildman–Crippen MR) is 205 cm³/mol. The minimum atomic E-state index is -0.540. The van der Waals surface area contributed by atoms with Crippen LogP contribution in [0.2, 0.25) is 0 Å². The summed E-state index contributed by atoms with van der Waals surface area (Å²) in [6.45, 7) is 7.57. The summed E-state index contributed by atoms with van der Waals surface area (Å²) in [4.78, 5) is 24.8. The minimum absolute atomic E-state index is 0.0673. The molecule has 1 atom stereocenters. The molecule has 0 aromatic carbocycles. The molecule has 0 saturated carbocycles. The van der Waals surface area contributed by atoms with Crippen molar-refractivity contribution in [2.45, 2.75) is 181 Å². The summed E-state index contributed by atoms with van der Waals surface area (Å²) < 4.78 is 17.0. The number of hydrogen-bond donors (Lipinski definition) is 0. The van der Waals surface area contributed by atoms with E-state index in [4.69, 9.17) is 14.2 Å². The van der Waals surface area contributed by atoms with E-state index in [0.717, 1.165) is 89.9 Å². The lowest BCUT2D eigenvalue weighted by Crippen LogP contribution is -2.30. The van der Waals surface area contributed by atoms with Crippen molar-refractivity contribution >= 4 is 11.9 Å². The number of esters is 2. The minimum Gasteiger partial charge on any atom is -0.462 e. The lowest BCUT2D eigenvalue weighted by Gasteiger charge is -2.18. The largest absolute Gasteiger partial charge is 0.462 e. The summed E-state index contributed by atoms with van der Waals surface area (Å²) in [6.07, 6.45) is 46.7. The molecule has 0 radical (unpaired) electrons. The van der Waals surface area contributed by atoms with E-state index in [1.807, 2.05) is 0 Å². The quantitative estimate of drug-likeness (QED) is 0.0381. The van der Waals surface area contributed by atoms with Gasteiger partial charge < -0.3 is 14.2 Å². The third-order valence-electron chi connectivity index (χ3n) is 8.07. The van der Waals surface area contributed by atoms with Crippen LogP contribution < -0.4 is 0 Å².